The Morgan fingerprint density at radius 3 is 1.33 bits per heavy atom. The SMILES string of the molecule is CCCCCC1(CCCC)c2cc(-c3ccc(C)cc3)ccc2-c2ccc(-c3ccc(C)cc3)cc21. The van der Waals surface area contributed by atoms with Crippen LogP contribution in [0.4, 0.5) is 0 Å². The van der Waals surface area contributed by atoms with Gasteiger partial charge in [-0.2, -0.15) is 0 Å². The lowest BCUT2D eigenvalue weighted by molar-refractivity contribution is 0.410. The van der Waals surface area contributed by atoms with Crippen molar-refractivity contribution in [3.63, 3.8) is 0 Å². The number of hydrogen-bond donors (Lipinski definition) is 0. The highest BCUT2D eigenvalue weighted by Crippen LogP contribution is 2.55. The fourth-order valence-corrected chi connectivity index (χ4v) is 6.17. The molecule has 0 atom stereocenters. The predicted octanol–water partition coefficient (Wildman–Crippen LogP) is 10.7. The van der Waals surface area contributed by atoms with Gasteiger partial charge in [0.2, 0.25) is 0 Å². The van der Waals surface area contributed by atoms with Gasteiger partial charge in [-0.3, -0.25) is 0 Å². The van der Waals surface area contributed by atoms with Gasteiger partial charge in [0.25, 0.3) is 0 Å². The van der Waals surface area contributed by atoms with Crippen molar-refractivity contribution in [3.05, 3.63) is 107 Å². The van der Waals surface area contributed by atoms with Gasteiger partial charge in [-0.25, -0.2) is 0 Å². The summed E-state index contributed by atoms with van der Waals surface area (Å²) in [5.41, 5.74) is 14.1. The maximum Gasteiger partial charge on any atom is 0.0215 e. The number of rotatable bonds is 9. The van der Waals surface area contributed by atoms with Gasteiger partial charge in [-0.15, -0.1) is 0 Å². The molecule has 5 rings (SSSR count). The number of benzene rings is 4. The van der Waals surface area contributed by atoms with Crippen molar-refractivity contribution in [3.8, 4) is 33.4 Å². The standard InChI is InChI=1S/C36H40/c1-5-7-9-23-36(22-8-6-2)34-24-30(28-14-10-26(3)11-15-28)18-20-32(34)33-21-19-31(25-35(33)36)29-16-12-27(4)13-17-29/h10-21,24-25H,5-9,22-23H2,1-4H3. The Morgan fingerprint density at radius 2 is 0.889 bits per heavy atom. The van der Waals surface area contributed by atoms with Gasteiger partial charge in [0.1, 0.15) is 0 Å². The van der Waals surface area contributed by atoms with Crippen LogP contribution in [0.15, 0.2) is 84.9 Å². The summed E-state index contributed by atoms with van der Waals surface area (Å²) >= 11 is 0. The Hall–Kier alpha value is -3.12. The molecule has 0 heteroatoms. The second-order valence-electron chi connectivity index (χ2n) is 10.9. The molecule has 4 aromatic carbocycles. The highest BCUT2D eigenvalue weighted by molar-refractivity contribution is 5.86. The van der Waals surface area contributed by atoms with E-state index in [4.69, 9.17) is 0 Å². The van der Waals surface area contributed by atoms with Gasteiger partial charge >= 0.3 is 0 Å². The van der Waals surface area contributed by atoms with E-state index in [2.05, 4.69) is 113 Å². The van der Waals surface area contributed by atoms with E-state index >= 15 is 0 Å². The quantitative estimate of drug-likeness (QED) is 0.212. The molecule has 0 aliphatic heterocycles. The molecule has 1 aliphatic carbocycles. The average molecular weight is 473 g/mol. The van der Waals surface area contributed by atoms with Crippen LogP contribution in [0.1, 0.15) is 81.0 Å². The molecule has 1 aliphatic rings. The average Bonchev–Trinajstić information content (AvgIpc) is 3.17. The molecule has 0 radical (unpaired) electrons. The highest BCUT2D eigenvalue weighted by atomic mass is 14.4. The molecule has 0 spiro atoms. The molecule has 0 bridgehead atoms. The molecule has 0 unspecified atom stereocenters. The minimum atomic E-state index is 0.0945. The molecule has 36 heavy (non-hydrogen) atoms. The van der Waals surface area contributed by atoms with Gasteiger partial charge in [-0.05, 0) is 83.3 Å². The molecule has 0 N–H and O–H groups in total. The van der Waals surface area contributed by atoms with Gasteiger partial charge in [0.05, 0.1) is 0 Å². The van der Waals surface area contributed by atoms with Crippen molar-refractivity contribution in [1.82, 2.24) is 0 Å². The Labute approximate surface area is 218 Å². The van der Waals surface area contributed by atoms with E-state index < -0.39 is 0 Å². The molecule has 0 fully saturated rings. The molecule has 0 aromatic heterocycles. The van der Waals surface area contributed by atoms with Gasteiger partial charge in [-0.1, -0.05) is 130 Å². The summed E-state index contributed by atoms with van der Waals surface area (Å²) < 4.78 is 0. The minimum Gasteiger partial charge on any atom is -0.0654 e. The van der Waals surface area contributed by atoms with Crippen molar-refractivity contribution < 1.29 is 0 Å². The van der Waals surface area contributed by atoms with Crippen LogP contribution in [0.2, 0.25) is 0 Å². The zero-order valence-corrected chi connectivity index (χ0v) is 22.5. The number of fused-ring (bicyclic) bond motifs is 3. The van der Waals surface area contributed by atoms with Crippen LogP contribution in [0, 0.1) is 13.8 Å². The Kier molecular flexibility index (Phi) is 7.15. The zero-order valence-electron chi connectivity index (χ0n) is 22.5. The maximum absolute atomic E-state index is 2.53. The lowest BCUT2D eigenvalue weighted by Crippen LogP contribution is -2.25. The third-order valence-corrected chi connectivity index (χ3v) is 8.29. The number of hydrogen-bond acceptors (Lipinski definition) is 0. The summed E-state index contributed by atoms with van der Waals surface area (Å²) in [7, 11) is 0. The molecule has 0 saturated carbocycles. The lowest BCUT2D eigenvalue weighted by Gasteiger charge is -2.33. The molecule has 4 aromatic rings. The number of aryl methyl sites for hydroxylation is 2. The zero-order chi connectivity index (χ0) is 25.1. The molecular formula is C36H40. The van der Waals surface area contributed by atoms with Crippen LogP contribution in [0.5, 0.6) is 0 Å². The second kappa shape index (κ2) is 10.5. The largest absolute Gasteiger partial charge is 0.0654 e. The van der Waals surface area contributed by atoms with Crippen molar-refractivity contribution in [2.24, 2.45) is 0 Å². The first-order valence-corrected chi connectivity index (χ1v) is 14.0. The summed E-state index contributed by atoms with van der Waals surface area (Å²) in [6.07, 6.45) is 8.79. The van der Waals surface area contributed by atoms with E-state index in [1.807, 2.05) is 0 Å². The van der Waals surface area contributed by atoms with Crippen LogP contribution in [-0.2, 0) is 5.41 Å². The van der Waals surface area contributed by atoms with Crippen molar-refractivity contribution in [2.75, 3.05) is 0 Å². The van der Waals surface area contributed by atoms with E-state index in [1.54, 1.807) is 11.1 Å². The minimum absolute atomic E-state index is 0.0945. The van der Waals surface area contributed by atoms with E-state index in [0.29, 0.717) is 0 Å². The van der Waals surface area contributed by atoms with Crippen LogP contribution >= 0.6 is 0 Å². The third kappa shape index (κ3) is 4.55. The summed E-state index contributed by atoms with van der Waals surface area (Å²) in [5, 5.41) is 0. The first-order valence-electron chi connectivity index (χ1n) is 14.0. The monoisotopic (exact) mass is 472 g/mol. The number of unbranched alkanes of at least 4 members (excludes halogenated alkanes) is 3. The Balaban J connectivity index is 1.68. The summed E-state index contributed by atoms with van der Waals surface area (Å²) in [6.45, 7) is 8.98. The molecular weight excluding hydrogens is 432 g/mol. The van der Waals surface area contributed by atoms with E-state index in [0.717, 1.165) is 0 Å². The van der Waals surface area contributed by atoms with Crippen molar-refractivity contribution in [1.29, 1.82) is 0 Å². The Bertz CT molecular complexity index is 1230. The molecule has 0 amide bonds. The van der Waals surface area contributed by atoms with Crippen molar-refractivity contribution >= 4 is 0 Å². The van der Waals surface area contributed by atoms with E-state index in [-0.39, 0.29) is 5.41 Å². The molecule has 0 saturated heterocycles. The predicted molar refractivity (Wildman–Crippen MR) is 157 cm³/mol. The molecule has 0 heterocycles. The second-order valence-corrected chi connectivity index (χ2v) is 10.9. The van der Waals surface area contributed by atoms with E-state index in [1.165, 1.54) is 89.5 Å². The fraction of sp³-hybridized carbons (Fsp3) is 0.333. The Morgan fingerprint density at radius 1 is 0.472 bits per heavy atom. The molecule has 184 valence electrons. The smallest absolute Gasteiger partial charge is 0.0215 e. The normalized spacial score (nSPS) is 13.4. The van der Waals surface area contributed by atoms with Crippen LogP contribution < -0.4 is 0 Å². The summed E-state index contributed by atoms with van der Waals surface area (Å²) in [4.78, 5) is 0. The van der Waals surface area contributed by atoms with Gasteiger partial charge < -0.3 is 0 Å². The summed E-state index contributed by atoms with van der Waals surface area (Å²) in [6, 6.07) is 32.6. The lowest BCUT2D eigenvalue weighted by atomic mass is 9.70. The third-order valence-electron chi connectivity index (χ3n) is 8.29. The topological polar surface area (TPSA) is 0 Å². The van der Waals surface area contributed by atoms with E-state index in [9.17, 15) is 0 Å². The van der Waals surface area contributed by atoms with Crippen LogP contribution in [0.3, 0.4) is 0 Å². The highest BCUT2D eigenvalue weighted by Gasteiger charge is 2.42. The summed E-state index contributed by atoms with van der Waals surface area (Å²) in [5.74, 6) is 0. The first-order chi connectivity index (χ1) is 17.6. The van der Waals surface area contributed by atoms with Gasteiger partial charge in [0, 0.05) is 5.41 Å². The fourth-order valence-electron chi connectivity index (χ4n) is 6.17. The first kappa shape index (κ1) is 24.6. The van der Waals surface area contributed by atoms with Gasteiger partial charge in [0.15, 0.2) is 0 Å². The molecule has 0 nitrogen and oxygen atoms in total. The van der Waals surface area contributed by atoms with Crippen LogP contribution in [-0.4, -0.2) is 0 Å². The maximum atomic E-state index is 2.53. The van der Waals surface area contributed by atoms with Crippen LogP contribution in [0.25, 0.3) is 33.4 Å². The van der Waals surface area contributed by atoms with Crippen molar-refractivity contribution in [2.45, 2.75) is 78.1 Å².